The minimum Gasteiger partial charge on any atom is -0.482 e. The highest BCUT2D eigenvalue weighted by Crippen LogP contribution is 2.34. The van der Waals surface area contributed by atoms with E-state index in [0.29, 0.717) is 32.7 Å². The molecular weight excluding hydrogens is 373 g/mol. The maximum Gasteiger partial charge on any atom is 0.263 e. The first-order chi connectivity index (χ1) is 11.5. The molecule has 1 N–H and O–H groups in total. The highest BCUT2D eigenvalue weighted by Gasteiger charge is 2.20. The molecule has 1 aliphatic carbocycles. The van der Waals surface area contributed by atoms with Crippen LogP contribution in [0.1, 0.15) is 31.7 Å². The first-order valence-corrected chi connectivity index (χ1v) is 8.78. The molecule has 24 heavy (non-hydrogen) atoms. The third-order valence-corrected chi connectivity index (χ3v) is 4.96. The van der Waals surface area contributed by atoms with Crippen LogP contribution in [0, 0.1) is 0 Å². The van der Waals surface area contributed by atoms with Crippen LogP contribution >= 0.6 is 34.8 Å². The number of carbonyl (C=O) groups is 1. The summed E-state index contributed by atoms with van der Waals surface area (Å²) in [6, 6.07) is 5.10. The number of nitrogens with zero attached hydrogens (tertiary/aromatic N) is 2. The lowest BCUT2D eigenvalue weighted by atomic mass is 10.2. The number of aromatic nitrogens is 2. The van der Waals surface area contributed by atoms with Gasteiger partial charge in [-0.3, -0.25) is 4.79 Å². The molecule has 0 aliphatic heterocycles. The van der Waals surface area contributed by atoms with Gasteiger partial charge in [0.2, 0.25) is 0 Å². The van der Waals surface area contributed by atoms with Gasteiger partial charge in [-0.1, -0.05) is 47.6 Å². The normalized spacial score (nSPS) is 14.8. The molecule has 0 radical (unpaired) electrons. The Morgan fingerprint density at radius 1 is 1.21 bits per heavy atom. The van der Waals surface area contributed by atoms with E-state index in [1.54, 1.807) is 12.3 Å². The molecule has 2 aromatic rings. The van der Waals surface area contributed by atoms with Crippen LogP contribution in [-0.2, 0) is 4.79 Å². The lowest BCUT2D eigenvalue weighted by molar-refractivity contribution is -0.118. The number of hydrogen-bond donors (Lipinski definition) is 1. The Balaban J connectivity index is 1.61. The minimum atomic E-state index is -0.295. The van der Waals surface area contributed by atoms with Gasteiger partial charge in [-0.15, -0.1) is 0 Å². The number of carbonyl (C=O) groups excluding carboxylic acids is 1. The van der Waals surface area contributed by atoms with E-state index in [4.69, 9.17) is 39.5 Å². The Hall–Kier alpha value is -1.43. The summed E-state index contributed by atoms with van der Waals surface area (Å²) >= 11 is 17.8. The molecule has 5 nitrogen and oxygen atoms in total. The van der Waals surface area contributed by atoms with Crippen LogP contribution in [0.15, 0.2) is 24.4 Å². The number of anilines is 1. The second-order valence-corrected chi connectivity index (χ2v) is 6.85. The summed E-state index contributed by atoms with van der Waals surface area (Å²) in [6.07, 6.45) is 6.23. The monoisotopic (exact) mass is 387 g/mol. The highest BCUT2D eigenvalue weighted by molar-refractivity contribution is 6.43. The van der Waals surface area contributed by atoms with Crippen molar-refractivity contribution in [3.05, 3.63) is 39.5 Å². The van der Waals surface area contributed by atoms with Gasteiger partial charge >= 0.3 is 0 Å². The van der Waals surface area contributed by atoms with Crippen LogP contribution in [0.3, 0.4) is 0 Å². The minimum absolute atomic E-state index is 0.187. The van der Waals surface area contributed by atoms with Crippen LogP contribution in [0.2, 0.25) is 15.1 Å². The van der Waals surface area contributed by atoms with E-state index in [-0.39, 0.29) is 12.5 Å². The fraction of sp³-hybridized carbons (Fsp3) is 0.375. The smallest absolute Gasteiger partial charge is 0.263 e. The Labute approximate surface area is 154 Å². The van der Waals surface area contributed by atoms with E-state index >= 15 is 0 Å². The number of hydrogen-bond acceptors (Lipinski definition) is 3. The molecule has 8 heteroatoms. The van der Waals surface area contributed by atoms with Gasteiger partial charge in [0.15, 0.2) is 6.61 Å². The number of benzene rings is 1. The van der Waals surface area contributed by atoms with Gasteiger partial charge in [0.25, 0.3) is 5.91 Å². The van der Waals surface area contributed by atoms with Gasteiger partial charge in [-0.2, -0.15) is 5.10 Å². The van der Waals surface area contributed by atoms with Gasteiger partial charge in [0.1, 0.15) is 11.6 Å². The summed E-state index contributed by atoms with van der Waals surface area (Å²) in [4.78, 5) is 12.1. The second-order valence-electron chi connectivity index (χ2n) is 5.63. The van der Waals surface area contributed by atoms with Crippen molar-refractivity contribution in [3.8, 4) is 5.75 Å². The van der Waals surface area contributed by atoms with Gasteiger partial charge < -0.3 is 10.1 Å². The molecule has 128 valence electrons. The summed E-state index contributed by atoms with van der Waals surface area (Å²) in [5.74, 6) is 0.693. The molecule has 1 aromatic heterocycles. The summed E-state index contributed by atoms with van der Waals surface area (Å²) < 4.78 is 7.30. The molecule has 0 saturated heterocycles. The van der Waals surface area contributed by atoms with Crippen LogP contribution in [0.5, 0.6) is 5.75 Å². The molecular formula is C16H16Cl3N3O2. The Kier molecular flexibility index (Phi) is 5.54. The van der Waals surface area contributed by atoms with E-state index in [9.17, 15) is 4.79 Å². The molecule has 1 fully saturated rings. The van der Waals surface area contributed by atoms with E-state index in [2.05, 4.69) is 10.4 Å². The first kappa shape index (κ1) is 17.4. The second kappa shape index (κ2) is 7.64. The van der Waals surface area contributed by atoms with Crippen LogP contribution in [0.25, 0.3) is 0 Å². The molecule has 0 unspecified atom stereocenters. The molecule has 1 aromatic carbocycles. The zero-order valence-corrected chi connectivity index (χ0v) is 15.0. The third kappa shape index (κ3) is 3.97. The van der Waals surface area contributed by atoms with E-state index in [1.807, 2.05) is 4.68 Å². The number of rotatable bonds is 5. The zero-order valence-electron chi connectivity index (χ0n) is 12.8. The maximum atomic E-state index is 12.1. The van der Waals surface area contributed by atoms with Crippen LogP contribution in [-0.4, -0.2) is 22.3 Å². The lowest BCUT2D eigenvalue weighted by Gasteiger charge is -2.15. The average Bonchev–Trinajstić information content (AvgIpc) is 3.20. The Morgan fingerprint density at radius 2 is 1.92 bits per heavy atom. The van der Waals surface area contributed by atoms with Crippen molar-refractivity contribution in [3.63, 3.8) is 0 Å². The molecule has 3 rings (SSSR count). The van der Waals surface area contributed by atoms with Crippen molar-refractivity contribution in [1.29, 1.82) is 0 Å². The zero-order chi connectivity index (χ0) is 17.1. The van der Waals surface area contributed by atoms with E-state index < -0.39 is 0 Å². The fourth-order valence-corrected chi connectivity index (χ4v) is 3.38. The van der Waals surface area contributed by atoms with Gasteiger partial charge in [0, 0.05) is 12.1 Å². The van der Waals surface area contributed by atoms with E-state index in [0.717, 1.165) is 12.8 Å². The highest BCUT2D eigenvalue weighted by atomic mass is 35.5. The molecule has 0 atom stereocenters. The Morgan fingerprint density at radius 3 is 2.67 bits per heavy atom. The van der Waals surface area contributed by atoms with Crippen molar-refractivity contribution in [2.45, 2.75) is 31.7 Å². The predicted molar refractivity (Wildman–Crippen MR) is 95.3 cm³/mol. The molecule has 0 bridgehead atoms. The third-order valence-electron chi connectivity index (χ3n) is 3.94. The van der Waals surface area contributed by atoms with Gasteiger partial charge in [0.05, 0.1) is 27.3 Å². The van der Waals surface area contributed by atoms with Crippen molar-refractivity contribution in [2.24, 2.45) is 0 Å². The number of ether oxygens (including phenoxy) is 1. The molecule has 1 heterocycles. The average molecular weight is 389 g/mol. The van der Waals surface area contributed by atoms with Gasteiger partial charge in [-0.05, 0) is 18.9 Å². The summed E-state index contributed by atoms with van der Waals surface area (Å²) in [5.41, 5.74) is 0. The maximum absolute atomic E-state index is 12.1. The quantitative estimate of drug-likeness (QED) is 0.735. The summed E-state index contributed by atoms with van der Waals surface area (Å²) in [5, 5.41) is 8.08. The van der Waals surface area contributed by atoms with E-state index in [1.165, 1.54) is 25.0 Å². The topological polar surface area (TPSA) is 56.1 Å². The first-order valence-electron chi connectivity index (χ1n) is 7.65. The van der Waals surface area contributed by atoms with Crippen molar-refractivity contribution in [2.75, 3.05) is 11.9 Å². The number of amides is 1. The van der Waals surface area contributed by atoms with Crippen LogP contribution in [0.4, 0.5) is 5.82 Å². The predicted octanol–water partition coefficient (Wildman–Crippen LogP) is 4.98. The Bertz CT molecular complexity index is 742. The fourth-order valence-electron chi connectivity index (χ4n) is 2.79. The number of nitrogens with one attached hydrogen (secondary N) is 1. The molecule has 1 amide bonds. The molecule has 0 spiro atoms. The summed E-state index contributed by atoms with van der Waals surface area (Å²) in [6.45, 7) is -0.187. The van der Waals surface area contributed by atoms with Gasteiger partial charge in [-0.25, -0.2) is 4.68 Å². The molecule has 1 saturated carbocycles. The van der Waals surface area contributed by atoms with Crippen molar-refractivity contribution < 1.29 is 9.53 Å². The lowest BCUT2D eigenvalue weighted by Crippen LogP contribution is -2.23. The SMILES string of the molecule is O=C(COc1cc(Cl)c(Cl)cc1Cl)Nc1ccnn1C1CCCC1. The van der Waals surface area contributed by atoms with Crippen molar-refractivity contribution in [1.82, 2.24) is 9.78 Å². The number of halogens is 3. The largest absolute Gasteiger partial charge is 0.482 e. The summed E-state index contributed by atoms with van der Waals surface area (Å²) in [7, 11) is 0. The van der Waals surface area contributed by atoms with Crippen molar-refractivity contribution >= 4 is 46.5 Å². The standard InChI is InChI=1S/C16H16Cl3N3O2/c17-11-7-13(19)14(8-12(11)18)24-9-16(23)21-15-5-6-20-22(15)10-3-1-2-4-10/h5-8,10H,1-4,9H2,(H,21,23). The molecule has 1 aliphatic rings. The van der Waals surface area contributed by atoms with Crippen LogP contribution < -0.4 is 10.1 Å².